The number of halogens is 1. The predicted octanol–water partition coefficient (Wildman–Crippen LogP) is 2.02. The van der Waals surface area contributed by atoms with E-state index in [0.717, 1.165) is 25.9 Å². The number of hydrogen-bond donors (Lipinski definition) is 2. The van der Waals surface area contributed by atoms with Crippen LogP contribution in [-0.4, -0.2) is 24.3 Å². The zero-order valence-electron chi connectivity index (χ0n) is 7.87. The van der Waals surface area contributed by atoms with Crippen LogP contribution in [0.4, 0.5) is 0 Å². The van der Waals surface area contributed by atoms with E-state index < -0.39 is 0 Å². The van der Waals surface area contributed by atoms with Crippen molar-refractivity contribution in [1.29, 1.82) is 0 Å². The third-order valence-corrected chi connectivity index (χ3v) is 4.31. The molecule has 0 spiro atoms. The van der Waals surface area contributed by atoms with Gasteiger partial charge in [-0.2, -0.15) is 0 Å². The van der Waals surface area contributed by atoms with Crippen LogP contribution < -0.4 is 5.32 Å². The molecule has 0 amide bonds. The van der Waals surface area contributed by atoms with Crippen molar-refractivity contribution in [1.82, 2.24) is 5.32 Å². The highest BCUT2D eigenvalue weighted by Crippen LogP contribution is 2.26. The molecule has 2 nitrogen and oxygen atoms in total. The van der Waals surface area contributed by atoms with Gasteiger partial charge in [-0.1, -0.05) is 0 Å². The Morgan fingerprint density at radius 3 is 3.07 bits per heavy atom. The summed E-state index contributed by atoms with van der Waals surface area (Å²) in [5.41, 5.74) is 0. The van der Waals surface area contributed by atoms with Crippen molar-refractivity contribution in [2.24, 2.45) is 5.92 Å². The van der Waals surface area contributed by atoms with Crippen molar-refractivity contribution in [2.75, 3.05) is 13.1 Å². The highest BCUT2D eigenvalue weighted by molar-refractivity contribution is 9.11. The lowest BCUT2D eigenvalue weighted by Gasteiger charge is -2.27. The SMILES string of the molecule is OC1CCNCC1Cc1ccc(Br)s1. The molecule has 78 valence electrons. The molecular weight excluding hydrogens is 262 g/mol. The summed E-state index contributed by atoms with van der Waals surface area (Å²) in [4.78, 5) is 1.35. The Bertz CT molecular complexity index is 302. The average Bonchev–Trinajstić information content (AvgIpc) is 2.56. The standard InChI is InChI=1S/C10H14BrNOS/c11-10-2-1-8(14-10)5-7-6-12-4-3-9(7)13/h1-2,7,9,12-13H,3-6H2. The van der Waals surface area contributed by atoms with Gasteiger partial charge in [-0.05, 0) is 47.4 Å². The first-order chi connectivity index (χ1) is 6.75. The van der Waals surface area contributed by atoms with Crippen molar-refractivity contribution >= 4 is 27.3 Å². The molecule has 0 aromatic carbocycles. The molecule has 2 heterocycles. The number of piperidine rings is 1. The van der Waals surface area contributed by atoms with Crippen LogP contribution >= 0.6 is 27.3 Å². The monoisotopic (exact) mass is 275 g/mol. The van der Waals surface area contributed by atoms with Crippen LogP contribution in [0.15, 0.2) is 15.9 Å². The summed E-state index contributed by atoms with van der Waals surface area (Å²) in [6, 6.07) is 4.21. The van der Waals surface area contributed by atoms with Gasteiger partial charge in [0.15, 0.2) is 0 Å². The first-order valence-corrected chi connectivity index (χ1v) is 6.49. The fraction of sp³-hybridized carbons (Fsp3) is 0.600. The summed E-state index contributed by atoms with van der Waals surface area (Å²) in [5.74, 6) is 0.384. The summed E-state index contributed by atoms with van der Waals surface area (Å²) >= 11 is 5.21. The molecule has 1 aliphatic heterocycles. The van der Waals surface area contributed by atoms with Crippen LogP contribution in [0.2, 0.25) is 0 Å². The van der Waals surface area contributed by atoms with Crippen LogP contribution in [0, 0.1) is 5.92 Å². The van der Waals surface area contributed by atoms with E-state index in [0.29, 0.717) is 5.92 Å². The predicted molar refractivity (Wildman–Crippen MR) is 62.7 cm³/mol. The fourth-order valence-corrected chi connectivity index (χ4v) is 3.41. The number of aliphatic hydroxyl groups excluding tert-OH is 1. The zero-order chi connectivity index (χ0) is 9.97. The largest absolute Gasteiger partial charge is 0.393 e. The fourth-order valence-electron chi connectivity index (χ4n) is 1.84. The molecule has 0 saturated carbocycles. The first-order valence-electron chi connectivity index (χ1n) is 4.88. The minimum atomic E-state index is -0.128. The van der Waals surface area contributed by atoms with Crippen molar-refractivity contribution < 1.29 is 5.11 Å². The Balaban J connectivity index is 1.95. The number of aliphatic hydroxyl groups is 1. The van der Waals surface area contributed by atoms with Gasteiger partial charge in [-0.15, -0.1) is 11.3 Å². The van der Waals surface area contributed by atoms with Gasteiger partial charge in [-0.3, -0.25) is 0 Å². The molecule has 1 saturated heterocycles. The van der Waals surface area contributed by atoms with Crippen LogP contribution in [0.1, 0.15) is 11.3 Å². The molecule has 0 bridgehead atoms. The molecule has 2 rings (SSSR count). The minimum absolute atomic E-state index is 0.128. The Labute approximate surface area is 96.5 Å². The van der Waals surface area contributed by atoms with E-state index in [1.54, 1.807) is 11.3 Å². The van der Waals surface area contributed by atoms with Gasteiger partial charge in [0.1, 0.15) is 0 Å². The second kappa shape index (κ2) is 4.75. The summed E-state index contributed by atoms with van der Waals surface area (Å²) in [6.07, 6.45) is 1.75. The molecule has 1 aliphatic rings. The minimum Gasteiger partial charge on any atom is -0.393 e. The Morgan fingerprint density at radius 2 is 2.43 bits per heavy atom. The molecule has 0 aliphatic carbocycles. The van der Waals surface area contributed by atoms with E-state index in [1.165, 1.54) is 8.66 Å². The van der Waals surface area contributed by atoms with Gasteiger partial charge < -0.3 is 10.4 Å². The Kier molecular flexibility index (Phi) is 3.60. The van der Waals surface area contributed by atoms with E-state index >= 15 is 0 Å². The lowest BCUT2D eigenvalue weighted by Crippen LogP contribution is -2.40. The van der Waals surface area contributed by atoms with Gasteiger partial charge >= 0.3 is 0 Å². The van der Waals surface area contributed by atoms with E-state index in [4.69, 9.17) is 0 Å². The molecule has 14 heavy (non-hydrogen) atoms. The van der Waals surface area contributed by atoms with Crippen LogP contribution in [0.5, 0.6) is 0 Å². The summed E-state index contributed by atoms with van der Waals surface area (Å²) in [5, 5.41) is 13.1. The van der Waals surface area contributed by atoms with E-state index in [-0.39, 0.29) is 6.10 Å². The van der Waals surface area contributed by atoms with Gasteiger partial charge in [0.25, 0.3) is 0 Å². The topological polar surface area (TPSA) is 32.3 Å². The van der Waals surface area contributed by atoms with Gasteiger partial charge in [0.05, 0.1) is 9.89 Å². The molecule has 1 aromatic heterocycles. The summed E-state index contributed by atoms with van der Waals surface area (Å²) < 4.78 is 1.17. The number of rotatable bonds is 2. The Hall–Kier alpha value is 0.1000. The van der Waals surface area contributed by atoms with E-state index in [9.17, 15) is 5.11 Å². The van der Waals surface area contributed by atoms with E-state index in [1.807, 2.05) is 0 Å². The highest BCUT2D eigenvalue weighted by Gasteiger charge is 2.23. The quantitative estimate of drug-likeness (QED) is 0.866. The van der Waals surface area contributed by atoms with Crippen LogP contribution in [-0.2, 0) is 6.42 Å². The zero-order valence-corrected chi connectivity index (χ0v) is 10.3. The first kappa shape index (κ1) is 10.6. The molecule has 0 radical (unpaired) electrons. The second-order valence-electron chi connectivity index (χ2n) is 3.73. The second-order valence-corrected chi connectivity index (χ2v) is 6.28. The maximum absolute atomic E-state index is 9.79. The molecular formula is C10H14BrNOS. The van der Waals surface area contributed by atoms with Gasteiger partial charge in [0.2, 0.25) is 0 Å². The smallest absolute Gasteiger partial charge is 0.0701 e. The van der Waals surface area contributed by atoms with Crippen LogP contribution in [0.3, 0.4) is 0 Å². The van der Waals surface area contributed by atoms with Crippen molar-refractivity contribution in [3.63, 3.8) is 0 Å². The molecule has 2 N–H and O–H groups in total. The summed E-state index contributed by atoms with van der Waals surface area (Å²) in [6.45, 7) is 1.89. The average molecular weight is 276 g/mol. The molecule has 1 fully saturated rings. The van der Waals surface area contributed by atoms with E-state index in [2.05, 4.69) is 33.4 Å². The van der Waals surface area contributed by atoms with Crippen molar-refractivity contribution in [2.45, 2.75) is 18.9 Å². The van der Waals surface area contributed by atoms with Gasteiger partial charge in [0, 0.05) is 17.3 Å². The third-order valence-electron chi connectivity index (χ3n) is 2.66. The molecule has 1 aromatic rings. The molecule has 2 unspecified atom stereocenters. The molecule has 2 atom stereocenters. The maximum Gasteiger partial charge on any atom is 0.0701 e. The maximum atomic E-state index is 9.79. The normalized spacial score (nSPS) is 27.9. The van der Waals surface area contributed by atoms with Crippen LogP contribution in [0.25, 0.3) is 0 Å². The summed E-state index contributed by atoms with van der Waals surface area (Å²) in [7, 11) is 0. The van der Waals surface area contributed by atoms with Crippen molar-refractivity contribution in [3.8, 4) is 0 Å². The highest BCUT2D eigenvalue weighted by atomic mass is 79.9. The molecule has 4 heteroatoms. The Morgan fingerprint density at radius 1 is 1.57 bits per heavy atom. The van der Waals surface area contributed by atoms with Crippen molar-refractivity contribution in [3.05, 3.63) is 20.8 Å². The number of hydrogen-bond acceptors (Lipinski definition) is 3. The number of thiophene rings is 1. The van der Waals surface area contributed by atoms with Gasteiger partial charge in [-0.25, -0.2) is 0 Å². The lowest BCUT2D eigenvalue weighted by molar-refractivity contribution is 0.0795. The third kappa shape index (κ3) is 2.57. The number of nitrogens with one attached hydrogen (secondary N) is 1. The lowest BCUT2D eigenvalue weighted by atomic mass is 9.92.